The lowest BCUT2D eigenvalue weighted by molar-refractivity contribution is -0.696. The summed E-state index contributed by atoms with van der Waals surface area (Å²) in [5.74, 6) is -0.639. The number of ether oxygens (including phenoxy) is 2. The predicted octanol–water partition coefficient (Wildman–Crippen LogP) is 4.16. The van der Waals surface area contributed by atoms with Gasteiger partial charge in [-0.2, -0.15) is 0 Å². The van der Waals surface area contributed by atoms with E-state index in [1.165, 1.54) is 0 Å². The molecular formula is C30H30N2O4+2. The van der Waals surface area contributed by atoms with Crippen LogP contribution >= 0.6 is 0 Å². The summed E-state index contributed by atoms with van der Waals surface area (Å²) in [6, 6.07) is 28.4. The molecule has 2 aromatic heterocycles. The van der Waals surface area contributed by atoms with Gasteiger partial charge in [0.1, 0.15) is 26.1 Å². The first kappa shape index (κ1) is 24.8. The van der Waals surface area contributed by atoms with Crippen molar-refractivity contribution in [3.05, 3.63) is 110 Å². The number of hydrogen-bond donors (Lipinski definition) is 0. The Kier molecular flexibility index (Phi) is 8.92. The van der Waals surface area contributed by atoms with Gasteiger partial charge in [0, 0.05) is 24.3 Å². The molecule has 182 valence electrons. The van der Waals surface area contributed by atoms with Gasteiger partial charge in [-0.05, 0) is 22.3 Å². The zero-order chi connectivity index (χ0) is 25.0. The predicted molar refractivity (Wildman–Crippen MR) is 135 cm³/mol. The van der Waals surface area contributed by atoms with Crippen molar-refractivity contribution in [1.82, 2.24) is 0 Å². The average molecular weight is 483 g/mol. The molecule has 4 aromatic rings. The van der Waals surface area contributed by atoms with E-state index >= 15 is 0 Å². The molecule has 2 aromatic carbocycles. The van der Waals surface area contributed by atoms with Gasteiger partial charge in [-0.25, -0.2) is 9.13 Å². The second-order valence-corrected chi connectivity index (χ2v) is 8.32. The van der Waals surface area contributed by atoms with Gasteiger partial charge in [-0.3, -0.25) is 9.59 Å². The van der Waals surface area contributed by atoms with Crippen molar-refractivity contribution < 1.29 is 28.2 Å². The Labute approximate surface area is 211 Å². The summed E-state index contributed by atoms with van der Waals surface area (Å²) in [4.78, 5) is 24.0. The van der Waals surface area contributed by atoms with Gasteiger partial charge in [0.25, 0.3) is 0 Å². The second kappa shape index (κ2) is 13.0. The largest absolute Gasteiger partial charge is 0.462 e. The van der Waals surface area contributed by atoms with Gasteiger partial charge in [0.2, 0.25) is 0 Å². The maximum Gasteiger partial charge on any atom is 0.312 e. The number of esters is 2. The van der Waals surface area contributed by atoms with Crippen LogP contribution in [0, 0.1) is 0 Å². The van der Waals surface area contributed by atoms with Crippen molar-refractivity contribution in [2.24, 2.45) is 0 Å². The fraction of sp³-hybridized carbons (Fsp3) is 0.200. The monoisotopic (exact) mass is 482 g/mol. The summed E-state index contributed by atoms with van der Waals surface area (Å²) in [5.41, 5.74) is 4.55. The topological polar surface area (TPSA) is 60.4 Å². The molecule has 6 nitrogen and oxygen atoms in total. The van der Waals surface area contributed by atoms with Crippen LogP contribution in [0.15, 0.2) is 110 Å². The quantitative estimate of drug-likeness (QED) is 0.183. The Morgan fingerprint density at radius 1 is 0.500 bits per heavy atom. The van der Waals surface area contributed by atoms with E-state index in [-0.39, 0.29) is 38.0 Å². The normalized spacial score (nSPS) is 10.6. The van der Waals surface area contributed by atoms with Gasteiger partial charge in [-0.1, -0.05) is 60.7 Å². The first-order valence-corrected chi connectivity index (χ1v) is 12.1. The van der Waals surface area contributed by atoms with Crippen LogP contribution in [-0.4, -0.2) is 25.2 Å². The Morgan fingerprint density at radius 2 is 0.833 bits per heavy atom. The van der Waals surface area contributed by atoms with Crippen molar-refractivity contribution in [1.29, 1.82) is 0 Å². The molecule has 0 aliphatic rings. The van der Waals surface area contributed by atoms with E-state index in [0.717, 1.165) is 22.3 Å². The van der Waals surface area contributed by atoms with E-state index in [4.69, 9.17) is 9.47 Å². The molecular weight excluding hydrogens is 452 g/mol. The van der Waals surface area contributed by atoms with E-state index in [1.807, 2.05) is 94.6 Å². The lowest BCUT2D eigenvalue weighted by Crippen LogP contribution is -2.34. The summed E-state index contributed by atoms with van der Waals surface area (Å²) in [6.45, 7) is 1.16. The SMILES string of the molecule is O=C(CC[n+]1ccc(-c2ccccc2)cc1)OCCOC(=O)CC[n+]1ccc(-c2ccccc2)cc1. The summed E-state index contributed by atoms with van der Waals surface area (Å²) in [7, 11) is 0. The minimum absolute atomic E-state index is 0.0566. The fourth-order valence-corrected chi connectivity index (χ4v) is 3.76. The molecule has 0 aliphatic heterocycles. The van der Waals surface area contributed by atoms with Crippen molar-refractivity contribution >= 4 is 11.9 Å². The molecule has 6 heteroatoms. The third-order valence-electron chi connectivity index (χ3n) is 5.75. The van der Waals surface area contributed by atoms with Crippen molar-refractivity contribution in [2.75, 3.05) is 13.2 Å². The highest BCUT2D eigenvalue weighted by Crippen LogP contribution is 2.17. The molecule has 0 N–H and O–H groups in total. The Hall–Kier alpha value is -4.32. The van der Waals surface area contributed by atoms with E-state index < -0.39 is 0 Å². The van der Waals surface area contributed by atoms with Crippen LogP contribution in [0.5, 0.6) is 0 Å². The second-order valence-electron chi connectivity index (χ2n) is 8.32. The molecule has 0 unspecified atom stereocenters. The summed E-state index contributed by atoms with van der Waals surface area (Å²) < 4.78 is 14.3. The van der Waals surface area contributed by atoms with Crippen LogP contribution in [0.3, 0.4) is 0 Å². The van der Waals surface area contributed by atoms with Crippen molar-refractivity contribution in [3.8, 4) is 22.3 Å². The Morgan fingerprint density at radius 3 is 1.19 bits per heavy atom. The number of benzene rings is 2. The molecule has 0 amide bonds. The molecule has 0 saturated carbocycles. The maximum atomic E-state index is 12.0. The van der Waals surface area contributed by atoms with E-state index in [9.17, 15) is 9.59 Å². The molecule has 0 saturated heterocycles. The number of nitrogens with zero attached hydrogens (tertiary/aromatic N) is 2. The molecule has 0 fully saturated rings. The molecule has 4 rings (SSSR count). The smallest absolute Gasteiger partial charge is 0.312 e. The fourth-order valence-electron chi connectivity index (χ4n) is 3.76. The number of carbonyl (C=O) groups is 2. The van der Waals surface area contributed by atoms with E-state index in [1.54, 1.807) is 0 Å². The average Bonchev–Trinajstić information content (AvgIpc) is 2.94. The molecule has 0 spiro atoms. The third-order valence-corrected chi connectivity index (χ3v) is 5.75. The summed E-state index contributed by atoms with van der Waals surface area (Å²) >= 11 is 0. The minimum atomic E-state index is -0.320. The maximum absolute atomic E-state index is 12.0. The Bertz CT molecular complexity index is 1140. The van der Waals surface area contributed by atoms with Gasteiger partial charge < -0.3 is 9.47 Å². The zero-order valence-electron chi connectivity index (χ0n) is 20.2. The van der Waals surface area contributed by atoms with Gasteiger partial charge in [0.05, 0.1) is 0 Å². The number of hydrogen-bond acceptors (Lipinski definition) is 4. The lowest BCUT2D eigenvalue weighted by Gasteiger charge is -2.06. The van der Waals surface area contributed by atoms with Crippen LogP contribution in [-0.2, 0) is 32.2 Å². The van der Waals surface area contributed by atoms with Crippen LogP contribution in [0.2, 0.25) is 0 Å². The molecule has 0 aliphatic carbocycles. The van der Waals surface area contributed by atoms with Crippen molar-refractivity contribution in [3.63, 3.8) is 0 Å². The highest BCUT2D eigenvalue weighted by atomic mass is 16.6. The van der Waals surface area contributed by atoms with Crippen LogP contribution in [0.4, 0.5) is 0 Å². The first-order valence-electron chi connectivity index (χ1n) is 12.1. The third kappa shape index (κ3) is 7.60. The highest BCUT2D eigenvalue weighted by Gasteiger charge is 2.11. The van der Waals surface area contributed by atoms with Gasteiger partial charge in [0.15, 0.2) is 37.9 Å². The summed E-state index contributed by atoms with van der Waals surface area (Å²) in [5, 5.41) is 0. The Balaban J connectivity index is 1.09. The van der Waals surface area contributed by atoms with E-state index in [2.05, 4.69) is 24.3 Å². The minimum Gasteiger partial charge on any atom is -0.462 e. The molecule has 0 radical (unpaired) electrons. The van der Waals surface area contributed by atoms with Gasteiger partial charge >= 0.3 is 11.9 Å². The first-order chi connectivity index (χ1) is 17.7. The summed E-state index contributed by atoms with van der Waals surface area (Å²) in [6.07, 6.45) is 8.29. The molecule has 2 heterocycles. The zero-order valence-corrected chi connectivity index (χ0v) is 20.2. The van der Waals surface area contributed by atoms with Crippen LogP contribution in [0.25, 0.3) is 22.3 Å². The van der Waals surface area contributed by atoms with Crippen LogP contribution < -0.4 is 9.13 Å². The van der Waals surface area contributed by atoms with Gasteiger partial charge in [-0.15, -0.1) is 0 Å². The highest BCUT2D eigenvalue weighted by molar-refractivity contribution is 5.70. The van der Waals surface area contributed by atoms with E-state index in [0.29, 0.717) is 13.1 Å². The van der Waals surface area contributed by atoms with Crippen LogP contribution in [0.1, 0.15) is 12.8 Å². The number of rotatable bonds is 11. The molecule has 0 atom stereocenters. The number of aromatic nitrogens is 2. The number of aryl methyl sites for hydroxylation is 2. The molecule has 0 bridgehead atoms. The van der Waals surface area contributed by atoms with Crippen molar-refractivity contribution in [2.45, 2.75) is 25.9 Å². The molecule has 36 heavy (non-hydrogen) atoms. The number of carbonyl (C=O) groups excluding carboxylic acids is 2. The lowest BCUT2D eigenvalue weighted by atomic mass is 10.1. The standard InChI is InChI=1S/C30H30N2O4/c33-29(15-21-31-17-11-27(12-18-31)25-7-3-1-4-8-25)35-23-24-36-30(34)16-22-32-19-13-28(14-20-32)26-9-5-2-6-10-26/h1-14,17-20H,15-16,21-24H2/q+2. The number of pyridine rings is 2.